The zero-order valence-corrected chi connectivity index (χ0v) is 13.0. The molecule has 0 aromatic carbocycles. The molecule has 0 spiro atoms. The van der Waals surface area contributed by atoms with Crippen molar-refractivity contribution in [3.05, 3.63) is 0 Å². The molecule has 21 heavy (non-hydrogen) atoms. The van der Waals surface area contributed by atoms with Gasteiger partial charge >= 0.3 is 11.9 Å². The van der Waals surface area contributed by atoms with Gasteiger partial charge in [-0.3, -0.25) is 19.3 Å². The second kappa shape index (κ2) is 11.0. The minimum absolute atomic E-state index is 0.0641. The van der Waals surface area contributed by atoms with Crippen molar-refractivity contribution < 1.29 is 23.9 Å². The van der Waals surface area contributed by atoms with Crippen LogP contribution in [0.3, 0.4) is 0 Å². The lowest BCUT2D eigenvalue weighted by Gasteiger charge is -2.21. The summed E-state index contributed by atoms with van der Waals surface area (Å²) in [5.41, 5.74) is 5.39. The van der Waals surface area contributed by atoms with Gasteiger partial charge in [0.15, 0.2) is 0 Å². The fourth-order valence-corrected chi connectivity index (χ4v) is 1.61. The summed E-state index contributed by atoms with van der Waals surface area (Å²) in [5.74, 6) is -1.01. The summed E-state index contributed by atoms with van der Waals surface area (Å²) in [6.45, 7) is 1.25. The van der Waals surface area contributed by atoms with E-state index in [1.165, 1.54) is 19.1 Å². The van der Waals surface area contributed by atoms with Gasteiger partial charge in [0.2, 0.25) is 5.91 Å². The Labute approximate surface area is 125 Å². The van der Waals surface area contributed by atoms with E-state index >= 15 is 0 Å². The van der Waals surface area contributed by atoms with E-state index in [0.717, 1.165) is 6.42 Å². The molecule has 0 heterocycles. The van der Waals surface area contributed by atoms with Crippen molar-refractivity contribution in [2.75, 3.05) is 54.0 Å². The zero-order valence-electron chi connectivity index (χ0n) is 13.0. The largest absolute Gasteiger partial charge is 0.468 e. The number of hydrogen-bond acceptors (Lipinski definition) is 7. The van der Waals surface area contributed by atoms with E-state index in [1.807, 2.05) is 0 Å². The van der Waals surface area contributed by atoms with Crippen LogP contribution in [0.25, 0.3) is 0 Å². The Hall–Kier alpha value is -1.67. The maximum Gasteiger partial charge on any atom is 0.319 e. The van der Waals surface area contributed by atoms with Gasteiger partial charge in [-0.2, -0.15) is 0 Å². The number of nitrogens with zero attached hydrogens (tertiary/aromatic N) is 2. The Morgan fingerprint density at radius 3 is 1.95 bits per heavy atom. The first-order valence-corrected chi connectivity index (χ1v) is 6.74. The predicted octanol–water partition coefficient (Wildman–Crippen LogP) is -1.17. The number of carbonyl (C=O) groups excluding carboxylic acids is 3. The average Bonchev–Trinajstić information content (AvgIpc) is 2.49. The van der Waals surface area contributed by atoms with Gasteiger partial charge in [-0.15, -0.1) is 0 Å². The quantitative estimate of drug-likeness (QED) is 0.507. The van der Waals surface area contributed by atoms with Gasteiger partial charge in [-0.05, 0) is 13.0 Å². The van der Waals surface area contributed by atoms with Crippen LogP contribution in [0.2, 0.25) is 0 Å². The van der Waals surface area contributed by atoms with E-state index in [1.54, 1.807) is 11.9 Å². The molecule has 0 aliphatic rings. The summed E-state index contributed by atoms with van der Waals surface area (Å²) in [5, 5.41) is 0. The van der Waals surface area contributed by atoms with Crippen molar-refractivity contribution in [1.29, 1.82) is 0 Å². The number of ether oxygens (including phenoxy) is 2. The molecule has 0 saturated heterocycles. The van der Waals surface area contributed by atoms with E-state index < -0.39 is 11.9 Å². The molecular weight excluding hydrogens is 278 g/mol. The normalized spacial score (nSPS) is 10.3. The van der Waals surface area contributed by atoms with Crippen LogP contribution in [0, 0.1) is 0 Å². The van der Waals surface area contributed by atoms with Crippen molar-refractivity contribution >= 4 is 17.8 Å². The number of carbonyl (C=O) groups is 3. The van der Waals surface area contributed by atoms with Crippen LogP contribution in [0.4, 0.5) is 0 Å². The minimum atomic E-state index is -0.470. The third-order valence-electron chi connectivity index (χ3n) is 2.93. The number of methoxy groups -OCH3 is 2. The molecule has 0 aliphatic carbocycles. The number of nitrogens with two attached hydrogens (primary N) is 1. The molecule has 2 N–H and O–H groups in total. The van der Waals surface area contributed by atoms with E-state index in [4.69, 9.17) is 5.73 Å². The van der Waals surface area contributed by atoms with E-state index in [-0.39, 0.29) is 32.0 Å². The topological polar surface area (TPSA) is 102 Å². The van der Waals surface area contributed by atoms with E-state index in [0.29, 0.717) is 13.1 Å². The van der Waals surface area contributed by atoms with E-state index in [2.05, 4.69) is 9.47 Å². The number of amides is 1. The molecule has 0 rings (SSSR count). The van der Waals surface area contributed by atoms with Gasteiger partial charge in [0.05, 0.1) is 27.3 Å². The lowest BCUT2D eigenvalue weighted by molar-refractivity contribution is -0.146. The van der Waals surface area contributed by atoms with Crippen LogP contribution < -0.4 is 5.73 Å². The molecule has 0 unspecified atom stereocenters. The first kappa shape index (κ1) is 19.3. The fraction of sp³-hybridized carbons (Fsp3) is 0.769. The van der Waals surface area contributed by atoms with E-state index in [9.17, 15) is 14.4 Å². The standard InChI is InChI=1S/C13H25N3O5/c1-15(7-4-6-14)11(17)5-8-16(9-12(18)20-2)10-13(19)21-3/h4-10,14H2,1-3H3. The Kier molecular flexibility index (Phi) is 10.2. The first-order chi connectivity index (χ1) is 9.94. The van der Waals surface area contributed by atoms with Gasteiger partial charge < -0.3 is 20.1 Å². The van der Waals surface area contributed by atoms with Crippen molar-refractivity contribution in [2.24, 2.45) is 5.73 Å². The third-order valence-corrected chi connectivity index (χ3v) is 2.93. The molecule has 8 heteroatoms. The third kappa shape index (κ3) is 8.98. The fourth-order valence-electron chi connectivity index (χ4n) is 1.61. The highest BCUT2D eigenvalue weighted by Gasteiger charge is 2.17. The molecule has 0 aromatic heterocycles. The highest BCUT2D eigenvalue weighted by Crippen LogP contribution is 1.98. The summed E-state index contributed by atoms with van der Waals surface area (Å²) in [6.07, 6.45) is 0.936. The average molecular weight is 303 g/mol. The summed E-state index contributed by atoms with van der Waals surface area (Å²) < 4.78 is 9.12. The van der Waals surface area contributed by atoms with Crippen LogP contribution in [0.5, 0.6) is 0 Å². The lowest BCUT2D eigenvalue weighted by atomic mass is 10.3. The van der Waals surface area contributed by atoms with Crippen LogP contribution in [0.15, 0.2) is 0 Å². The van der Waals surface area contributed by atoms with Crippen LogP contribution in [-0.2, 0) is 23.9 Å². The van der Waals surface area contributed by atoms with Gasteiger partial charge in [-0.25, -0.2) is 0 Å². The molecular formula is C13H25N3O5. The lowest BCUT2D eigenvalue weighted by Crippen LogP contribution is -2.39. The first-order valence-electron chi connectivity index (χ1n) is 6.74. The van der Waals surface area contributed by atoms with Crippen LogP contribution in [-0.4, -0.2) is 81.6 Å². The Morgan fingerprint density at radius 2 is 1.52 bits per heavy atom. The van der Waals surface area contributed by atoms with Crippen LogP contribution in [0.1, 0.15) is 12.8 Å². The van der Waals surface area contributed by atoms with Gasteiger partial charge in [-0.1, -0.05) is 0 Å². The molecule has 0 aromatic rings. The van der Waals surface area contributed by atoms with Crippen molar-refractivity contribution in [3.8, 4) is 0 Å². The molecule has 0 fully saturated rings. The number of hydrogen-bond donors (Lipinski definition) is 1. The Balaban J connectivity index is 4.35. The molecule has 0 bridgehead atoms. The summed E-state index contributed by atoms with van der Waals surface area (Å²) in [4.78, 5) is 37.6. The van der Waals surface area contributed by atoms with Crippen LogP contribution >= 0.6 is 0 Å². The van der Waals surface area contributed by atoms with Gasteiger partial charge in [0.1, 0.15) is 0 Å². The molecule has 8 nitrogen and oxygen atoms in total. The second-order valence-corrected chi connectivity index (χ2v) is 4.57. The predicted molar refractivity (Wildman–Crippen MR) is 76.4 cm³/mol. The number of rotatable bonds is 10. The summed E-state index contributed by atoms with van der Waals surface area (Å²) in [7, 11) is 4.23. The SMILES string of the molecule is COC(=O)CN(CCC(=O)N(C)CCCN)CC(=O)OC. The number of esters is 2. The Morgan fingerprint density at radius 1 is 1.00 bits per heavy atom. The molecule has 0 atom stereocenters. The highest BCUT2D eigenvalue weighted by molar-refractivity contribution is 5.77. The second-order valence-electron chi connectivity index (χ2n) is 4.57. The maximum atomic E-state index is 11.9. The van der Waals surface area contributed by atoms with Gasteiger partial charge in [0, 0.05) is 26.6 Å². The molecule has 1 amide bonds. The Bertz CT molecular complexity index is 331. The molecule has 0 saturated carbocycles. The summed E-state index contributed by atoms with van der Waals surface area (Å²) in [6, 6.07) is 0. The molecule has 122 valence electrons. The summed E-state index contributed by atoms with van der Waals surface area (Å²) >= 11 is 0. The smallest absolute Gasteiger partial charge is 0.319 e. The van der Waals surface area contributed by atoms with Crippen molar-refractivity contribution in [1.82, 2.24) is 9.80 Å². The maximum absolute atomic E-state index is 11.9. The molecule has 0 aliphatic heterocycles. The zero-order chi connectivity index (χ0) is 16.3. The van der Waals surface area contributed by atoms with Gasteiger partial charge in [0.25, 0.3) is 0 Å². The molecule has 0 radical (unpaired) electrons. The van der Waals surface area contributed by atoms with Crippen molar-refractivity contribution in [2.45, 2.75) is 12.8 Å². The van der Waals surface area contributed by atoms with Crippen molar-refractivity contribution in [3.63, 3.8) is 0 Å². The highest BCUT2D eigenvalue weighted by atomic mass is 16.5. The minimum Gasteiger partial charge on any atom is -0.468 e. The monoisotopic (exact) mass is 303 g/mol.